The van der Waals surface area contributed by atoms with Crippen LogP contribution in [0.25, 0.3) is 81.4 Å². The van der Waals surface area contributed by atoms with Gasteiger partial charge in [-0.25, -0.2) is 4.85 Å². The topological polar surface area (TPSA) is 41.2 Å². The highest BCUT2D eigenvalue weighted by Crippen LogP contribution is 2.45. The molecule has 0 bridgehead atoms. The maximum atomic E-state index is 11.0. The Bertz CT molecular complexity index is 3450. The van der Waals surface area contributed by atoms with Gasteiger partial charge in [-0.3, -0.25) is 0 Å². The predicted octanol–water partition coefficient (Wildman–Crippen LogP) is 14.1. The highest BCUT2D eigenvalue weighted by atomic mass is 15.1. The minimum atomic E-state index is 0.464. The van der Waals surface area contributed by atoms with Gasteiger partial charge in [0.2, 0.25) is 5.69 Å². The fraction of sp³-hybridized carbons (Fsp3) is 0. The molecule has 5 heteroatoms. The summed E-state index contributed by atoms with van der Waals surface area (Å²) in [5.74, 6) is 0. The molecule has 0 saturated heterocycles. The Hall–Kier alpha value is -8.12. The lowest BCUT2D eigenvalue weighted by atomic mass is 10.0. The van der Waals surface area contributed by atoms with Crippen molar-refractivity contribution in [2.75, 3.05) is 4.90 Å². The number of anilines is 3. The number of hydrogen-bond donors (Lipinski definition) is 0. The van der Waals surface area contributed by atoms with Crippen molar-refractivity contribution in [2.45, 2.75) is 0 Å². The van der Waals surface area contributed by atoms with Crippen LogP contribution >= 0.6 is 0 Å². The summed E-state index contributed by atoms with van der Waals surface area (Å²) in [6.07, 6.45) is 0. The number of nitrogens with zero attached hydrogens (tertiary/aromatic N) is 5. The van der Waals surface area contributed by atoms with Gasteiger partial charge in [0, 0.05) is 38.6 Å². The van der Waals surface area contributed by atoms with Gasteiger partial charge in [0.15, 0.2) is 0 Å². The molecule has 11 rings (SSSR count). The Balaban J connectivity index is 1.20. The molecule has 2 heterocycles. The second-order valence-corrected chi connectivity index (χ2v) is 14.3. The summed E-state index contributed by atoms with van der Waals surface area (Å²) < 4.78 is 4.33. The van der Waals surface area contributed by atoms with Crippen molar-refractivity contribution in [1.82, 2.24) is 9.13 Å². The van der Waals surface area contributed by atoms with Crippen LogP contribution in [0.4, 0.5) is 22.7 Å². The predicted molar refractivity (Wildman–Crippen MR) is 236 cm³/mol. The molecule has 57 heavy (non-hydrogen) atoms. The zero-order valence-corrected chi connectivity index (χ0v) is 30.6. The Morgan fingerprint density at radius 1 is 0.439 bits per heavy atom. The smallest absolute Gasteiger partial charge is 0.212 e. The number of nitriles is 1. The van der Waals surface area contributed by atoms with E-state index in [-0.39, 0.29) is 0 Å². The minimum Gasteiger partial charge on any atom is -0.319 e. The first-order valence-corrected chi connectivity index (χ1v) is 19.0. The average Bonchev–Trinajstić information content (AvgIpc) is 3.80. The highest BCUT2D eigenvalue weighted by molar-refractivity contribution is 6.23. The zero-order chi connectivity index (χ0) is 38.0. The van der Waals surface area contributed by atoms with Crippen molar-refractivity contribution in [1.29, 1.82) is 5.26 Å². The summed E-state index contributed by atoms with van der Waals surface area (Å²) in [6, 6.07) is 67.5. The SMILES string of the molecule is [C-]#[N+]c1cc(-n2c3ccc(N(c4ccccc4)c4ccccc4)cc3c3c4ccccc4ccc32)c(C#N)cc1-n1c2ccccc2c2c3ccccc3ccc21. The quantitative estimate of drug-likeness (QED) is 0.166. The number of fused-ring (bicyclic) bond motifs is 10. The summed E-state index contributed by atoms with van der Waals surface area (Å²) in [7, 11) is 0. The monoisotopic (exact) mass is 725 g/mol. The van der Waals surface area contributed by atoms with Gasteiger partial charge in [-0.2, -0.15) is 5.26 Å². The van der Waals surface area contributed by atoms with Crippen LogP contribution in [0.15, 0.2) is 188 Å². The first-order chi connectivity index (χ1) is 28.2. The fourth-order valence-corrected chi connectivity index (χ4v) is 8.89. The van der Waals surface area contributed by atoms with E-state index in [2.05, 4.69) is 183 Å². The Morgan fingerprint density at radius 3 is 1.56 bits per heavy atom. The molecule has 0 N–H and O–H groups in total. The maximum absolute atomic E-state index is 11.0. The number of rotatable bonds is 5. The highest BCUT2D eigenvalue weighted by Gasteiger charge is 2.23. The standard InChI is InChI=1S/C52H31N5/c1-54-44-32-49(36(33-53)30-50(44)57-45-23-13-12-22-42(45)51-40-20-10-8-14-34(40)24-27-47(51)57)56-46-29-26-39(55(37-16-4-2-5-17-37)38-18-6-3-7-19-38)31-43(46)52-41-21-11-9-15-35(41)25-28-48(52)56/h2-32H. The van der Waals surface area contributed by atoms with Gasteiger partial charge in [-0.1, -0.05) is 115 Å². The zero-order valence-electron chi connectivity index (χ0n) is 30.6. The molecular formula is C52H31N5. The Labute approximate surface area is 328 Å². The van der Waals surface area contributed by atoms with Gasteiger partial charge >= 0.3 is 0 Å². The van der Waals surface area contributed by atoms with Gasteiger partial charge in [-0.05, 0) is 94.3 Å². The van der Waals surface area contributed by atoms with Crippen LogP contribution < -0.4 is 4.90 Å². The van der Waals surface area contributed by atoms with E-state index in [0.717, 1.165) is 82.2 Å². The molecule has 2 aromatic heterocycles. The molecule has 264 valence electrons. The molecule has 11 aromatic rings. The molecule has 0 unspecified atom stereocenters. The minimum absolute atomic E-state index is 0.464. The molecule has 0 aliphatic heterocycles. The van der Waals surface area contributed by atoms with Crippen LogP contribution in [0.2, 0.25) is 0 Å². The van der Waals surface area contributed by atoms with E-state index < -0.39 is 0 Å². The third-order valence-electron chi connectivity index (χ3n) is 11.3. The number of aromatic nitrogens is 2. The van der Waals surface area contributed by atoms with Crippen LogP contribution in [0.1, 0.15) is 5.56 Å². The van der Waals surface area contributed by atoms with Crippen LogP contribution in [0, 0.1) is 17.9 Å². The van der Waals surface area contributed by atoms with E-state index in [0.29, 0.717) is 22.6 Å². The summed E-state index contributed by atoms with van der Waals surface area (Å²) >= 11 is 0. The lowest BCUT2D eigenvalue weighted by Gasteiger charge is -2.25. The van der Waals surface area contributed by atoms with Crippen molar-refractivity contribution in [2.24, 2.45) is 0 Å². The second-order valence-electron chi connectivity index (χ2n) is 14.3. The van der Waals surface area contributed by atoms with E-state index >= 15 is 0 Å². The van der Waals surface area contributed by atoms with Crippen LogP contribution in [0.3, 0.4) is 0 Å². The van der Waals surface area contributed by atoms with E-state index in [1.54, 1.807) is 0 Å². The number of hydrogen-bond acceptors (Lipinski definition) is 2. The van der Waals surface area contributed by atoms with Crippen molar-refractivity contribution in [3.63, 3.8) is 0 Å². The molecular weight excluding hydrogens is 695 g/mol. The molecule has 0 radical (unpaired) electrons. The fourth-order valence-electron chi connectivity index (χ4n) is 8.89. The molecule has 0 aliphatic rings. The molecule has 9 aromatic carbocycles. The lowest BCUT2D eigenvalue weighted by Crippen LogP contribution is -2.09. The summed E-state index contributed by atoms with van der Waals surface area (Å²) in [6.45, 7) is 8.57. The summed E-state index contributed by atoms with van der Waals surface area (Å²) in [5, 5.41) is 20.0. The van der Waals surface area contributed by atoms with Crippen LogP contribution in [0.5, 0.6) is 0 Å². The van der Waals surface area contributed by atoms with Gasteiger partial charge in [0.1, 0.15) is 6.07 Å². The maximum Gasteiger partial charge on any atom is 0.212 e. The van der Waals surface area contributed by atoms with E-state index in [1.807, 2.05) is 30.3 Å². The first-order valence-electron chi connectivity index (χ1n) is 19.0. The van der Waals surface area contributed by atoms with E-state index in [4.69, 9.17) is 6.57 Å². The lowest BCUT2D eigenvalue weighted by molar-refractivity contribution is 1.14. The van der Waals surface area contributed by atoms with E-state index in [9.17, 15) is 5.26 Å². The third-order valence-corrected chi connectivity index (χ3v) is 11.3. The Morgan fingerprint density at radius 2 is 0.947 bits per heavy atom. The van der Waals surface area contributed by atoms with Crippen molar-refractivity contribution < 1.29 is 0 Å². The average molecular weight is 726 g/mol. The molecule has 0 spiro atoms. The molecule has 0 aliphatic carbocycles. The van der Waals surface area contributed by atoms with Gasteiger partial charge in [-0.15, -0.1) is 0 Å². The molecule has 0 fully saturated rings. The van der Waals surface area contributed by atoms with Gasteiger partial charge in [0.05, 0.1) is 45.6 Å². The third kappa shape index (κ3) is 4.87. The normalized spacial score (nSPS) is 11.5. The molecule has 5 nitrogen and oxygen atoms in total. The summed E-state index contributed by atoms with van der Waals surface area (Å²) in [4.78, 5) is 6.44. The number of para-hydroxylation sites is 3. The van der Waals surface area contributed by atoms with Crippen LogP contribution in [-0.4, -0.2) is 9.13 Å². The largest absolute Gasteiger partial charge is 0.319 e. The van der Waals surface area contributed by atoms with E-state index in [1.165, 1.54) is 0 Å². The summed E-state index contributed by atoms with van der Waals surface area (Å²) in [5.41, 5.74) is 9.33. The first kappa shape index (κ1) is 32.3. The van der Waals surface area contributed by atoms with Gasteiger partial charge in [0.25, 0.3) is 0 Å². The second kappa shape index (κ2) is 12.7. The Kier molecular flexibility index (Phi) is 7.22. The molecule has 0 amide bonds. The molecule has 0 atom stereocenters. The van der Waals surface area contributed by atoms with Gasteiger partial charge < -0.3 is 14.0 Å². The van der Waals surface area contributed by atoms with Crippen molar-refractivity contribution >= 4 is 87.9 Å². The number of benzene rings is 9. The van der Waals surface area contributed by atoms with Crippen LogP contribution in [-0.2, 0) is 0 Å². The van der Waals surface area contributed by atoms with Crippen molar-refractivity contribution in [3.8, 4) is 17.4 Å². The van der Waals surface area contributed by atoms with Crippen molar-refractivity contribution in [3.05, 3.63) is 205 Å². The molecule has 0 saturated carbocycles.